The van der Waals surface area contributed by atoms with E-state index in [1.54, 1.807) is 0 Å². The minimum absolute atomic E-state index is 0.0421. The molecular formula is C21H28BClN4O4. The van der Waals surface area contributed by atoms with Crippen molar-refractivity contribution in [2.75, 3.05) is 18.0 Å². The lowest BCUT2D eigenvalue weighted by molar-refractivity contribution is 0.00578. The van der Waals surface area contributed by atoms with Gasteiger partial charge in [-0.15, -0.1) is 0 Å². The summed E-state index contributed by atoms with van der Waals surface area (Å²) >= 11 is 6.70. The summed E-state index contributed by atoms with van der Waals surface area (Å²) in [5.74, 6) is 0.748. The largest absolute Gasteiger partial charge is 0.496 e. The number of halogens is 1. The van der Waals surface area contributed by atoms with Crippen LogP contribution in [0.5, 0.6) is 0 Å². The zero-order valence-corrected chi connectivity index (χ0v) is 19.5. The Labute approximate surface area is 187 Å². The molecule has 2 aliphatic rings. The van der Waals surface area contributed by atoms with Crippen LogP contribution in [0.25, 0.3) is 10.9 Å². The van der Waals surface area contributed by atoms with E-state index in [-0.39, 0.29) is 12.1 Å². The highest BCUT2D eigenvalue weighted by Crippen LogP contribution is 2.38. The fraction of sp³-hybridized carbons (Fsp3) is 0.571. The summed E-state index contributed by atoms with van der Waals surface area (Å²) in [6, 6.07) is 3.67. The van der Waals surface area contributed by atoms with Crippen molar-refractivity contribution in [3.63, 3.8) is 0 Å². The highest BCUT2D eigenvalue weighted by Gasteiger charge is 2.52. The lowest BCUT2D eigenvalue weighted by Crippen LogP contribution is -2.58. The Morgan fingerprint density at radius 3 is 2.26 bits per heavy atom. The van der Waals surface area contributed by atoms with Crippen LogP contribution in [0.1, 0.15) is 41.5 Å². The standard InChI is InChI=1S/C21H28BClN4O4/c1-12-9-26(19(28)29)10-13(2)27(12)18-14-7-16(23)15(8-17(14)24-11-25-18)22-30-20(3,4)21(5,6)31-22/h7-8,11-13H,9-10H2,1-6H3,(H,28,29)/t12-,13-/m0/s1. The maximum Gasteiger partial charge on any atom is 0.496 e. The van der Waals surface area contributed by atoms with Gasteiger partial charge in [0.15, 0.2) is 0 Å². The van der Waals surface area contributed by atoms with Gasteiger partial charge in [0.1, 0.15) is 12.1 Å². The van der Waals surface area contributed by atoms with Crippen LogP contribution in [0.4, 0.5) is 10.6 Å². The zero-order valence-electron chi connectivity index (χ0n) is 18.7. The summed E-state index contributed by atoms with van der Waals surface area (Å²) in [5.41, 5.74) is 0.525. The molecule has 0 unspecified atom stereocenters. The Morgan fingerprint density at radius 2 is 1.71 bits per heavy atom. The number of anilines is 1. The average molecular weight is 447 g/mol. The van der Waals surface area contributed by atoms with Crippen LogP contribution < -0.4 is 10.4 Å². The van der Waals surface area contributed by atoms with E-state index >= 15 is 0 Å². The number of aromatic nitrogens is 2. The molecule has 2 fully saturated rings. The van der Waals surface area contributed by atoms with E-state index in [1.165, 1.54) is 11.2 Å². The van der Waals surface area contributed by atoms with Crippen LogP contribution in [-0.4, -0.2) is 69.6 Å². The molecular weight excluding hydrogens is 419 g/mol. The number of rotatable bonds is 2. The van der Waals surface area contributed by atoms with Crippen LogP contribution in [0.15, 0.2) is 18.5 Å². The highest BCUT2D eigenvalue weighted by atomic mass is 35.5. The Balaban J connectivity index is 1.72. The van der Waals surface area contributed by atoms with E-state index in [9.17, 15) is 9.90 Å². The lowest BCUT2D eigenvalue weighted by Gasteiger charge is -2.44. The van der Waals surface area contributed by atoms with Gasteiger partial charge in [-0.25, -0.2) is 14.8 Å². The summed E-state index contributed by atoms with van der Waals surface area (Å²) in [5, 5.41) is 10.7. The molecule has 1 N–H and O–H groups in total. The minimum Gasteiger partial charge on any atom is -0.465 e. The van der Waals surface area contributed by atoms with Gasteiger partial charge >= 0.3 is 13.2 Å². The quantitative estimate of drug-likeness (QED) is 0.709. The molecule has 2 atom stereocenters. The number of carboxylic acid groups (broad SMARTS) is 1. The molecule has 4 rings (SSSR count). The SMILES string of the molecule is C[C@H]1CN(C(=O)O)C[C@H](C)N1c1ncnc2cc(B3OC(C)(C)C(C)(C)O3)c(Cl)cc12. The third-order valence-corrected chi connectivity index (χ3v) is 7.00. The van der Waals surface area contributed by atoms with E-state index in [0.717, 1.165) is 22.2 Å². The lowest BCUT2D eigenvalue weighted by atomic mass is 9.78. The zero-order chi connectivity index (χ0) is 22.7. The number of fused-ring (bicyclic) bond motifs is 1. The van der Waals surface area contributed by atoms with E-state index in [0.29, 0.717) is 18.1 Å². The van der Waals surface area contributed by atoms with Gasteiger partial charge in [-0.05, 0) is 53.7 Å². The van der Waals surface area contributed by atoms with Crippen LogP contribution in [0.3, 0.4) is 0 Å². The average Bonchev–Trinajstić information content (AvgIpc) is 2.88. The third kappa shape index (κ3) is 3.72. The second kappa shape index (κ2) is 7.50. The van der Waals surface area contributed by atoms with E-state index in [1.807, 2.05) is 53.7 Å². The smallest absolute Gasteiger partial charge is 0.465 e. The molecule has 1 aromatic carbocycles. The summed E-state index contributed by atoms with van der Waals surface area (Å²) in [7, 11) is -0.586. The maximum absolute atomic E-state index is 11.4. The van der Waals surface area contributed by atoms with Crippen molar-refractivity contribution in [1.29, 1.82) is 0 Å². The van der Waals surface area contributed by atoms with Gasteiger partial charge in [0.2, 0.25) is 0 Å². The summed E-state index contributed by atoms with van der Waals surface area (Å²) in [6.45, 7) is 12.8. The molecule has 0 aliphatic carbocycles. The molecule has 31 heavy (non-hydrogen) atoms. The van der Waals surface area contributed by atoms with Crippen molar-refractivity contribution >= 4 is 47.0 Å². The fourth-order valence-electron chi connectivity index (χ4n) is 4.33. The van der Waals surface area contributed by atoms with Crippen molar-refractivity contribution in [2.24, 2.45) is 0 Å². The van der Waals surface area contributed by atoms with Crippen LogP contribution >= 0.6 is 11.6 Å². The topological polar surface area (TPSA) is 88.0 Å². The van der Waals surface area contributed by atoms with Gasteiger partial charge in [-0.3, -0.25) is 0 Å². The summed E-state index contributed by atoms with van der Waals surface area (Å²) in [4.78, 5) is 24.0. The molecule has 0 spiro atoms. The Hall–Kier alpha value is -2.10. The van der Waals surface area contributed by atoms with E-state index in [4.69, 9.17) is 20.9 Å². The minimum atomic E-state index is -0.902. The van der Waals surface area contributed by atoms with E-state index < -0.39 is 24.4 Å². The second-order valence-electron chi connectivity index (χ2n) is 9.47. The Kier molecular flexibility index (Phi) is 5.35. The molecule has 166 valence electrons. The molecule has 10 heteroatoms. The molecule has 0 saturated carbocycles. The molecule has 3 heterocycles. The van der Waals surface area contributed by atoms with Gasteiger partial charge < -0.3 is 24.2 Å². The van der Waals surface area contributed by atoms with Gasteiger partial charge in [0.05, 0.1) is 16.7 Å². The number of carbonyl (C=O) groups is 1. The predicted octanol–water partition coefficient (Wildman–Crippen LogP) is 3.16. The molecule has 0 bridgehead atoms. The first-order chi connectivity index (χ1) is 14.4. The van der Waals surface area contributed by atoms with Gasteiger partial charge in [-0.2, -0.15) is 0 Å². The monoisotopic (exact) mass is 446 g/mol. The molecule has 8 nitrogen and oxygen atoms in total. The highest BCUT2D eigenvalue weighted by molar-refractivity contribution is 6.66. The Morgan fingerprint density at radius 1 is 1.13 bits per heavy atom. The first-order valence-corrected chi connectivity index (χ1v) is 10.8. The number of amides is 1. The summed E-state index contributed by atoms with van der Waals surface area (Å²) in [6.07, 6.45) is 0.628. The second-order valence-corrected chi connectivity index (χ2v) is 9.88. The van der Waals surface area contributed by atoms with Gasteiger partial charge in [0, 0.05) is 41.0 Å². The van der Waals surface area contributed by atoms with Crippen LogP contribution in [0.2, 0.25) is 5.02 Å². The van der Waals surface area contributed by atoms with Crippen molar-refractivity contribution in [3.8, 4) is 0 Å². The number of benzene rings is 1. The van der Waals surface area contributed by atoms with E-state index in [2.05, 4.69) is 14.9 Å². The molecule has 1 amide bonds. The van der Waals surface area contributed by atoms with Crippen LogP contribution in [0, 0.1) is 0 Å². The van der Waals surface area contributed by atoms with Crippen molar-refractivity contribution < 1.29 is 19.2 Å². The van der Waals surface area contributed by atoms with Crippen molar-refractivity contribution in [2.45, 2.75) is 64.8 Å². The number of hydrogen-bond acceptors (Lipinski definition) is 6. The predicted molar refractivity (Wildman–Crippen MR) is 121 cm³/mol. The molecule has 2 saturated heterocycles. The molecule has 1 aromatic heterocycles. The van der Waals surface area contributed by atoms with Gasteiger partial charge in [-0.1, -0.05) is 11.6 Å². The van der Waals surface area contributed by atoms with Crippen molar-refractivity contribution in [1.82, 2.24) is 14.9 Å². The first-order valence-electron chi connectivity index (χ1n) is 10.5. The Bertz CT molecular complexity index is 1010. The van der Waals surface area contributed by atoms with Crippen LogP contribution in [-0.2, 0) is 9.31 Å². The molecule has 2 aromatic rings. The summed E-state index contributed by atoms with van der Waals surface area (Å²) < 4.78 is 12.3. The maximum atomic E-state index is 11.4. The fourth-order valence-corrected chi connectivity index (χ4v) is 4.58. The molecule has 0 radical (unpaired) electrons. The number of piperazine rings is 1. The first kappa shape index (κ1) is 22.1. The third-order valence-electron chi connectivity index (χ3n) is 6.67. The number of hydrogen-bond donors (Lipinski definition) is 1. The number of nitrogens with zero attached hydrogens (tertiary/aromatic N) is 4. The van der Waals surface area contributed by atoms with Gasteiger partial charge in [0.25, 0.3) is 0 Å². The normalized spacial score (nSPS) is 25.3. The van der Waals surface area contributed by atoms with Crippen molar-refractivity contribution in [3.05, 3.63) is 23.5 Å². The molecule has 2 aliphatic heterocycles.